The van der Waals surface area contributed by atoms with Crippen LogP contribution in [-0.2, 0) is 4.74 Å². The number of piperazine rings is 1. The van der Waals surface area contributed by atoms with Crippen molar-refractivity contribution in [1.29, 1.82) is 0 Å². The molecule has 3 nitrogen and oxygen atoms in total. The molecular formula is C16H32N2O. The highest BCUT2D eigenvalue weighted by Gasteiger charge is 2.36. The fourth-order valence-corrected chi connectivity index (χ4v) is 3.52. The molecule has 0 saturated carbocycles. The quantitative estimate of drug-likeness (QED) is 0.660. The maximum Gasteiger partial charge on any atom is 0.0593 e. The van der Waals surface area contributed by atoms with Gasteiger partial charge < -0.3 is 4.74 Å². The molecule has 0 aliphatic carbocycles. The second kappa shape index (κ2) is 7.61. The van der Waals surface area contributed by atoms with E-state index in [1.807, 2.05) is 0 Å². The molecule has 2 fully saturated rings. The minimum absolute atomic E-state index is 0.726. The minimum Gasteiger partial charge on any atom is -0.380 e. The standard InChI is InChI=1S/C16H32N2O/c1-4-5-10-19-11-9-18-12-15-7-6-8-17(15)13-16(18)14(2)3/h14-16H,4-13H2,1-3H3. The maximum atomic E-state index is 5.76. The summed E-state index contributed by atoms with van der Waals surface area (Å²) in [4.78, 5) is 5.42. The van der Waals surface area contributed by atoms with Gasteiger partial charge in [-0.1, -0.05) is 27.2 Å². The van der Waals surface area contributed by atoms with Gasteiger partial charge in [-0.2, -0.15) is 0 Å². The molecule has 0 spiro atoms. The first-order valence-electron chi connectivity index (χ1n) is 8.28. The second-order valence-electron chi connectivity index (χ2n) is 6.56. The predicted molar refractivity (Wildman–Crippen MR) is 80.5 cm³/mol. The SMILES string of the molecule is CCCCOCCN1CC2CCCN2CC1C(C)C. The van der Waals surface area contributed by atoms with Crippen LogP contribution < -0.4 is 0 Å². The lowest BCUT2D eigenvalue weighted by Gasteiger charge is -2.45. The van der Waals surface area contributed by atoms with Crippen LogP contribution in [0.25, 0.3) is 0 Å². The van der Waals surface area contributed by atoms with Crippen molar-refractivity contribution in [3.8, 4) is 0 Å². The van der Waals surface area contributed by atoms with Gasteiger partial charge in [-0.05, 0) is 31.7 Å². The van der Waals surface area contributed by atoms with E-state index in [1.54, 1.807) is 0 Å². The molecule has 0 aromatic carbocycles. The van der Waals surface area contributed by atoms with Gasteiger partial charge in [-0.15, -0.1) is 0 Å². The van der Waals surface area contributed by atoms with E-state index < -0.39 is 0 Å². The van der Waals surface area contributed by atoms with Crippen LogP contribution in [0.5, 0.6) is 0 Å². The fourth-order valence-electron chi connectivity index (χ4n) is 3.52. The molecule has 112 valence electrons. The van der Waals surface area contributed by atoms with Gasteiger partial charge in [-0.3, -0.25) is 9.80 Å². The van der Waals surface area contributed by atoms with E-state index in [1.165, 1.54) is 45.3 Å². The first-order chi connectivity index (χ1) is 9.22. The van der Waals surface area contributed by atoms with Crippen molar-refractivity contribution in [1.82, 2.24) is 9.80 Å². The third kappa shape index (κ3) is 4.17. The molecule has 2 atom stereocenters. The Labute approximate surface area is 119 Å². The topological polar surface area (TPSA) is 15.7 Å². The van der Waals surface area contributed by atoms with E-state index in [9.17, 15) is 0 Å². The Balaban J connectivity index is 1.78. The summed E-state index contributed by atoms with van der Waals surface area (Å²) in [6.07, 6.45) is 5.23. The van der Waals surface area contributed by atoms with Gasteiger partial charge in [0.2, 0.25) is 0 Å². The Hall–Kier alpha value is -0.120. The van der Waals surface area contributed by atoms with E-state index in [2.05, 4.69) is 30.6 Å². The molecule has 19 heavy (non-hydrogen) atoms. The molecule has 2 unspecified atom stereocenters. The summed E-state index contributed by atoms with van der Waals surface area (Å²) in [5.74, 6) is 0.747. The Morgan fingerprint density at radius 2 is 2.05 bits per heavy atom. The van der Waals surface area contributed by atoms with Crippen molar-refractivity contribution in [3.05, 3.63) is 0 Å². The van der Waals surface area contributed by atoms with E-state index >= 15 is 0 Å². The second-order valence-corrected chi connectivity index (χ2v) is 6.56. The summed E-state index contributed by atoms with van der Waals surface area (Å²) in [7, 11) is 0. The lowest BCUT2D eigenvalue weighted by molar-refractivity contribution is 0.00721. The number of hydrogen-bond donors (Lipinski definition) is 0. The van der Waals surface area contributed by atoms with Gasteiger partial charge in [0.1, 0.15) is 0 Å². The average molecular weight is 268 g/mol. The fraction of sp³-hybridized carbons (Fsp3) is 1.00. The molecule has 0 radical (unpaired) electrons. The summed E-state index contributed by atoms with van der Waals surface area (Å²) >= 11 is 0. The maximum absolute atomic E-state index is 5.76. The van der Waals surface area contributed by atoms with Crippen LogP contribution in [0.2, 0.25) is 0 Å². The molecule has 0 aromatic rings. The lowest BCUT2D eigenvalue weighted by atomic mass is 9.97. The number of ether oxygens (including phenoxy) is 1. The summed E-state index contributed by atoms with van der Waals surface area (Å²) < 4.78 is 5.76. The Bertz CT molecular complexity index is 257. The Kier molecular flexibility index (Phi) is 6.11. The lowest BCUT2D eigenvalue weighted by Crippen LogP contribution is -2.58. The predicted octanol–water partition coefficient (Wildman–Crippen LogP) is 2.61. The van der Waals surface area contributed by atoms with Crippen LogP contribution in [0.3, 0.4) is 0 Å². The van der Waals surface area contributed by atoms with Gasteiger partial charge in [0.05, 0.1) is 6.61 Å². The highest BCUT2D eigenvalue weighted by Crippen LogP contribution is 2.27. The molecule has 2 aliphatic rings. The zero-order valence-corrected chi connectivity index (χ0v) is 13.1. The Morgan fingerprint density at radius 1 is 1.21 bits per heavy atom. The molecule has 0 N–H and O–H groups in total. The van der Waals surface area contributed by atoms with Crippen LogP contribution in [0.1, 0.15) is 46.5 Å². The van der Waals surface area contributed by atoms with Crippen molar-refractivity contribution < 1.29 is 4.74 Å². The Morgan fingerprint density at radius 3 is 2.79 bits per heavy atom. The smallest absolute Gasteiger partial charge is 0.0593 e. The van der Waals surface area contributed by atoms with Crippen molar-refractivity contribution in [2.45, 2.75) is 58.5 Å². The number of rotatable bonds is 7. The molecule has 2 aliphatic heterocycles. The van der Waals surface area contributed by atoms with Gasteiger partial charge in [0.15, 0.2) is 0 Å². The van der Waals surface area contributed by atoms with E-state index in [4.69, 9.17) is 4.74 Å². The van der Waals surface area contributed by atoms with E-state index in [0.717, 1.165) is 37.8 Å². The van der Waals surface area contributed by atoms with Gasteiger partial charge in [0.25, 0.3) is 0 Å². The third-order valence-electron chi connectivity index (χ3n) is 4.77. The van der Waals surface area contributed by atoms with Crippen LogP contribution >= 0.6 is 0 Å². The number of fused-ring (bicyclic) bond motifs is 1. The molecule has 3 heteroatoms. The van der Waals surface area contributed by atoms with E-state index in [0.29, 0.717) is 0 Å². The summed E-state index contributed by atoms with van der Waals surface area (Å²) in [6.45, 7) is 13.8. The first kappa shape index (κ1) is 15.3. The van der Waals surface area contributed by atoms with Crippen molar-refractivity contribution in [2.24, 2.45) is 5.92 Å². The van der Waals surface area contributed by atoms with Crippen molar-refractivity contribution in [3.63, 3.8) is 0 Å². The number of nitrogens with zero attached hydrogens (tertiary/aromatic N) is 2. The summed E-state index contributed by atoms with van der Waals surface area (Å²) in [6, 6.07) is 1.55. The van der Waals surface area contributed by atoms with Gasteiger partial charge in [0, 0.05) is 38.3 Å². The number of hydrogen-bond acceptors (Lipinski definition) is 3. The molecule has 0 aromatic heterocycles. The summed E-state index contributed by atoms with van der Waals surface area (Å²) in [5, 5.41) is 0. The van der Waals surface area contributed by atoms with Gasteiger partial charge in [-0.25, -0.2) is 0 Å². The van der Waals surface area contributed by atoms with Crippen LogP contribution in [-0.4, -0.2) is 61.3 Å². The highest BCUT2D eigenvalue weighted by molar-refractivity contribution is 4.93. The average Bonchev–Trinajstić information content (AvgIpc) is 2.84. The molecule has 2 rings (SSSR count). The molecule has 2 heterocycles. The van der Waals surface area contributed by atoms with E-state index in [-0.39, 0.29) is 0 Å². The minimum atomic E-state index is 0.726. The van der Waals surface area contributed by atoms with Crippen LogP contribution in [0.15, 0.2) is 0 Å². The third-order valence-corrected chi connectivity index (χ3v) is 4.77. The zero-order valence-electron chi connectivity index (χ0n) is 13.1. The largest absolute Gasteiger partial charge is 0.380 e. The molecule has 0 bridgehead atoms. The highest BCUT2D eigenvalue weighted by atomic mass is 16.5. The molecule has 2 saturated heterocycles. The normalized spacial score (nSPS) is 29.1. The van der Waals surface area contributed by atoms with Gasteiger partial charge >= 0.3 is 0 Å². The number of unbranched alkanes of at least 4 members (excludes halogenated alkanes) is 1. The van der Waals surface area contributed by atoms with Crippen LogP contribution in [0.4, 0.5) is 0 Å². The first-order valence-corrected chi connectivity index (χ1v) is 8.28. The monoisotopic (exact) mass is 268 g/mol. The van der Waals surface area contributed by atoms with Crippen LogP contribution in [0, 0.1) is 5.92 Å². The summed E-state index contributed by atoms with van der Waals surface area (Å²) in [5.41, 5.74) is 0. The molecule has 0 amide bonds. The zero-order chi connectivity index (χ0) is 13.7. The molecular weight excluding hydrogens is 236 g/mol. The van der Waals surface area contributed by atoms with Crippen molar-refractivity contribution in [2.75, 3.05) is 39.4 Å². The van der Waals surface area contributed by atoms with Crippen molar-refractivity contribution >= 4 is 0 Å².